The van der Waals surface area contributed by atoms with Crippen molar-refractivity contribution in [2.24, 2.45) is 16.7 Å². The molecule has 0 heterocycles. The third-order valence-electron chi connectivity index (χ3n) is 8.55. The van der Waals surface area contributed by atoms with E-state index in [1.165, 1.54) is 54.9 Å². The number of hydrogen-bond donors (Lipinski definition) is 1. The molecule has 1 N–H and O–H groups in total. The topological polar surface area (TPSA) is 21.3 Å². The van der Waals surface area contributed by atoms with Crippen molar-refractivity contribution in [3.63, 3.8) is 0 Å². The molecular formula is C30H34ClNO. The molecule has 0 radical (unpaired) electrons. The Hall–Kier alpha value is -2.03. The lowest BCUT2D eigenvalue weighted by Crippen LogP contribution is -2.63. The number of rotatable bonds is 6. The van der Waals surface area contributed by atoms with Gasteiger partial charge in [-0.1, -0.05) is 67.9 Å². The Morgan fingerprint density at radius 2 is 1.70 bits per heavy atom. The molecule has 0 aliphatic heterocycles. The molecule has 0 saturated heterocycles. The number of fused-ring (bicyclic) bond motifs is 1. The molecule has 0 amide bonds. The molecule has 3 aromatic rings. The van der Waals surface area contributed by atoms with E-state index in [1.54, 1.807) is 0 Å². The second-order valence-corrected chi connectivity index (χ2v) is 12.4. The molecule has 0 spiro atoms. The van der Waals surface area contributed by atoms with Crippen LogP contribution in [0.25, 0.3) is 10.8 Å². The molecule has 0 aromatic heterocycles. The van der Waals surface area contributed by atoms with Crippen LogP contribution in [-0.2, 0) is 13.2 Å². The average Bonchev–Trinajstić information content (AvgIpc) is 2.74. The van der Waals surface area contributed by atoms with Gasteiger partial charge in [0, 0.05) is 22.7 Å². The highest BCUT2D eigenvalue weighted by Crippen LogP contribution is 2.66. The van der Waals surface area contributed by atoms with Crippen molar-refractivity contribution in [3.8, 4) is 5.75 Å². The highest BCUT2D eigenvalue weighted by molar-refractivity contribution is 6.30. The summed E-state index contributed by atoms with van der Waals surface area (Å²) in [6.07, 6.45) is 8.22. The van der Waals surface area contributed by atoms with Crippen molar-refractivity contribution in [3.05, 3.63) is 76.8 Å². The van der Waals surface area contributed by atoms with Gasteiger partial charge in [0.15, 0.2) is 0 Å². The summed E-state index contributed by atoms with van der Waals surface area (Å²) in [7, 11) is 0. The minimum Gasteiger partial charge on any atom is -0.489 e. The molecular weight excluding hydrogens is 426 g/mol. The van der Waals surface area contributed by atoms with Crippen LogP contribution in [-0.4, -0.2) is 5.54 Å². The molecule has 4 bridgehead atoms. The van der Waals surface area contributed by atoms with Gasteiger partial charge in [-0.15, -0.1) is 0 Å². The first-order valence-electron chi connectivity index (χ1n) is 12.5. The fraction of sp³-hybridized carbons (Fsp3) is 0.467. The van der Waals surface area contributed by atoms with E-state index in [2.05, 4.69) is 61.6 Å². The summed E-state index contributed by atoms with van der Waals surface area (Å²) in [5, 5.41) is 7.44. The summed E-state index contributed by atoms with van der Waals surface area (Å²) >= 11 is 6.19. The van der Waals surface area contributed by atoms with Crippen LogP contribution in [0.2, 0.25) is 5.02 Å². The standard InChI is InChI=1S/C30H34ClNO/c1-28-13-22-14-29(2,18-28)20-30(15-22,19-28)32-16-26-25-9-4-3-7-23(25)10-11-27(26)33-17-21-6-5-8-24(31)12-21/h3-12,22,32H,13-20H2,1-2H3. The largest absolute Gasteiger partial charge is 0.489 e. The molecule has 33 heavy (non-hydrogen) atoms. The minimum absolute atomic E-state index is 0.268. The molecule has 7 rings (SSSR count). The predicted molar refractivity (Wildman–Crippen MR) is 137 cm³/mol. The molecule has 4 aliphatic rings. The average molecular weight is 460 g/mol. The summed E-state index contributed by atoms with van der Waals surface area (Å²) in [4.78, 5) is 0. The van der Waals surface area contributed by atoms with Gasteiger partial charge in [0.2, 0.25) is 0 Å². The Balaban J connectivity index is 1.29. The lowest BCUT2D eigenvalue weighted by atomic mass is 9.43. The van der Waals surface area contributed by atoms with Crippen LogP contribution >= 0.6 is 11.6 Å². The van der Waals surface area contributed by atoms with Crippen LogP contribution in [0.4, 0.5) is 0 Å². The van der Waals surface area contributed by atoms with Gasteiger partial charge in [0.25, 0.3) is 0 Å². The zero-order valence-electron chi connectivity index (χ0n) is 19.8. The zero-order chi connectivity index (χ0) is 22.7. The summed E-state index contributed by atoms with van der Waals surface area (Å²) in [5.41, 5.74) is 3.65. The summed E-state index contributed by atoms with van der Waals surface area (Å²) in [6, 6.07) is 21.0. The van der Waals surface area contributed by atoms with Crippen LogP contribution in [0.3, 0.4) is 0 Å². The molecule has 2 unspecified atom stereocenters. The van der Waals surface area contributed by atoms with Gasteiger partial charge < -0.3 is 10.1 Å². The van der Waals surface area contributed by atoms with Gasteiger partial charge in [-0.05, 0) is 89.8 Å². The van der Waals surface area contributed by atoms with Crippen molar-refractivity contribution in [1.82, 2.24) is 5.32 Å². The van der Waals surface area contributed by atoms with Gasteiger partial charge in [-0.25, -0.2) is 0 Å². The number of nitrogens with one attached hydrogen (secondary N) is 1. The fourth-order valence-corrected chi connectivity index (χ4v) is 8.55. The molecule has 3 aromatic carbocycles. The van der Waals surface area contributed by atoms with E-state index in [0.29, 0.717) is 17.4 Å². The smallest absolute Gasteiger partial charge is 0.124 e. The Morgan fingerprint density at radius 3 is 2.45 bits per heavy atom. The predicted octanol–water partition coefficient (Wildman–Crippen LogP) is 7.91. The normalized spacial score (nSPS) is 32.4. The van der Waals surface area contributed by atoms with Crippen molar-refractivity contribution >= 4 is 22.4 Å². The number of benzene rings is 3. The quantitative estimate of drug-likeness (QED) is 0.404. The molecule has 172 valence electrons. The number of hydrogen-bond acceptors (Lipinski definition) is 2. The summed E-state index contributed by atoms with van der Waals surface area (Å²) < 4.78 is 6.40. The Kier molecular flexibility index (Phi) is 5.05. The van der Waals surface area contributed by atoms with Crippen LogP contribution in [0.1, 0.15) is 63.5 Å². The van der Waals surface area contributed by atoms with E-state index in [1.807, 2.05) is 18.2 Å². The van der Waals surface area contributed by atoms with E-state index in [4.69, 9.17) is 16.3 Å². The van der Waals surface area contributed by atoms with Gasteiger partial charge in [0.1, 0.15) is 12.4 Å². The fourth-order valence-electron chi connectivity index (χ4n) is 8.34. The van der Waals surface area contributed by atoms with Crippen LogP contribution < -0.4 is 10.1 Å². The Bertz CT molecular complexity index is 1180. The first-order chi connectivity index (χ1) is 15.8. The van der Waals surface area contributed by atoms with E-state index < -0.39 is 0 Å². The first kappa shape index (κ1) is 21.5. The van der Waals surface area contributed by atoms with Crippen molar-refractivity contribution < 1.29 is 4.74 Å². The van der Waals surface area contributed by atoms with Crippen LogP contribution in [0, 0.1) is 16.7 Å². The number of ether oxygens (including phenoxy) is 1. The minimum atomic E-state index is 0.268. The maximum Gasteiger partial charge on any atom is 0.124 e. The lowest BCUT2D eigenvalue weighted by molar-refractivity contribution is -0.118. The summed E-state index contributed by atoms with van der Waals surface area (Å²) in [6.45, 7) is 6.47. The van der Waals surface area contributed by atoms with Crippen LogP contribution in [0.15, 0.2) is 60.7 Å². The monoisotopic (exact) mass is 459 g/mol. The van der Waals surface area contributed by atoms with Gasteiger partial charge >= 0.3 is 0 Å². The van der Waals surface area contributed by atoms with Crippen molar-refractivity contribution in [1.29, 1.82) is 0 Å². The summed E-state index contributed by atoms with van der Waals surface area (Å²) in [5.74, 6) is 1.86. The second-order valence-electron chi connectivity index (χ2n) is 11.9. The van der Waals surface area contributed by atoms with E-state index in [0.717, 1.165) is 28.8 Å². The first-order valence-corrected chi connectivity index (χ1v) is 12.8. The van der Waals surface area contributed by atoms with Crippen LogP contribution in [0.5, 0.6) is 5.75 Å². The molecule has 4 saturated carbocycles. The van der Waals surface area contributed by atoms with Crippen molar-refractivity contribution in [2.45, 2.75) is 71.1 Å². The molecule has 4 aliphatic carbocycles. The van der Waals surface area contributed by atoms with Gasteiger partial charge in [0.05, 0.1) is 0 Å². The highest BCUT2D eigenvalue weighted by atomic mass is 35.5. The maximum atomic E-state index is 6.40. The van der Waals surface area contributed by atoms with Gasteiger partial charge in [-0.3, -0.25) is 0 Å². The lowest BCUT2D eigenvalue weighted by Gasteiger charge is -2.65. The molecule has 2 nitrogen and oxygen atoms in total. The van der Waals surface area contributed by atoms with Crippen molar-refractivity contribution in [2.75, 3.05) is 0 Å². The Morgan fingerprint density at radius 1 is 0.909 bits per heavy atom. The highest BCUT2D eigenvalue weighted by Gasteiger charge is 2.59. The molecule has 2 atom stereocenters. The SMILES string of the molecule is CC12CC3CC(C)(C1)CC(NCc1c(OCc4cccc(Cl)c4)ccc4ccccc14)(C3)C2. The Labute approximate surface area is 202 Å². The third kappa shape index (κ3) is 4.06. The number of halogens is 1. The molecule has 4 fully saturated rings. The van der Waals surface area contributed by atoms with E-state index in [9.17, 15) is 0 Å². The van der Waals surface area contributed by atoms with Gasteiger partial charge in [-0.2, -0.15) is 0 Å². The van der Waals surface area contributed by atoms with E-state index in [-0.39, 0.29) is 5.54 Å². The third-order valence-corrected chi connectivity index (χ3v) is 8.78. The zero-order valence-corrected chi connectivity index (χ0v) is 20.5. The van der Waals surface area contributed by atoms with E-state index >= 15 is 0 Å². The maximum absolute atomic E-state index is 6.40. The second kappa shape index (κ2) is 7.75. The molecule has 3 heteroatoms.